The van der Waals surface area contributed by atoms with E-state index < -0.39 is 23.7 Å². The molecule has 1 heterocycles. The van der Waals surface area contributed by atoms with E-state index in [1.54, 1.807) is 26.8 Å². The fourth-order valence-electron chi connectivity index (χ4n) is 1.79. The van der Waals surface area contributed by atoms with Crippen LogP contribution in [0, 0.1) is 12.3 Å². The number of aliphatic carboxylic acids is 1. The maximum atomic E-state index is 13.9. The van der Waals surface area contributed by atoms with Crippen molar-refractivity contribution in [2.24, 2.45) is 5.41 Å². The van der Waals surface area contributed by atoms with E-state index in [0.717, 1.165) is 16.2 Å². The zero-order valence-electron chi connectivity index (χ0n) is 10.1. The number of carboxylic acids is 1. The van der Waals surface area contributed by atoms with E-state index in [1.165, 1.54) is 6.07 Å². The topological polar surface area (TPSA) is 37.3 Å². The summed E-state index contributed by atoms with van der Waals surface area (Å²) in [5.41, 5.74) is -0.923. The Kier molecular flexibility index (Phi) is 3.91. The first-order valence-electron chi connectivity index (χ1n) is 5.29. The molecule has 96 valence electrons. The quantitative estimate of drug-likeness (QED) is 0.869. The third kappa shape index (κ3) is 4.07. The Hall–Kier alpha value is -0.970. The first-order chi connectivity index (χ1) is 7.62. The Morgan fingerprint density at radius 1 is 1.41 bits per heavy atom. The summed E-state index contributed by atoms with van der Waals surface area (Å²) in [6, 6.07) is 3.06. The highest BCUT2D eigenvalue weighted by molar-refractivity contribution is 7.12. The molecule has 0 saturated heterocycles. The molecule has 0 saturated carbocycles. The van der Waals surface area contributed by atoms with Crippen LogP contribution in [0.1, 0.15) is 36.4 Å². The van der Waals surface area contributed by atoms with Gasteiger partial charge >= 0.3 is 5.97 Å². The number of hydrogen-bond donors (Lipinski definition) is 1. The Morgan fingerprint density at radius 2 is 2.00 bits per heavy atom. The lowest BCUT2D eigenvalue weighted by Gasteiger charge is -2.27. The molecule has 0 spiro atoms. The molecule has 0 aliphatic rings. The monoisotopic (exact) mass is 262 g/mol. The molecule has 1 N–H and O–H groups in total. The van der Waals surface area contributed by atoms with Crippen LogP contribution in [-0.4, -0.2) is 11.1 Å². The van der Waals surface area contributed by atoms with Crippen LogP contribution in [0.3, 0.4) is 0 Å². The number of carboxylic acid groups (broad SMARTS) is 1. The van der Waals surface area contributed by atoms with Crippen LogP contribution in [0.4, 0.5) is 8.78 Å². The fraction of sp³-hybridized carbons (Fsp3) is 0.583. The molecular formula is C12H16F2O2S. The average Bonchev–Trinajstić information content (AvgIpc) is 2.46. The summed E-state index contributed by atoms with van der Waals surface area (Å²) in [6.07, 6.45) is -0.709. The molecule has 0 aliphatic heterocycles. The number of rotatable bonds is 5. The lowest BCUT2D eigenvalue weighted by atomic mass is 9.82. The molecule has 0 bridgehead atoms. The van der Waals surface area contributed by atoms with Crippen molar-refractivity contribution in [1.82, 2.24) is 0 Å². The molecular weight excluding hydrogens is 246 g/mol. The van der Waals surface area contributed by atoms with E-state index in [1.807, 2.05) is 0 Å². The van der Waals surface area contributed by atoms with Gasteiger partial charge in [0.25, 0.3) is 5.92 Å². The van der Waals surface area contributed by atoms with Crippen LogP contribution in [-0.2, 0) is 10.7 Å². The van der Waals surface area contributed by atoms with Gasteiger partial charge < -0.3 is 5.11 Å². The summed E-state index contributed by atoms with van der Waals surface area (Å²) < 4.78 is 27.9. The molecule has 0 radical (unpaired) electrons. The second-order valence-corrected chi connectivity index (χ2v) is 6.31. The van der Waals surface area contributed by atoms with Gasteiger partial charge in [0.15, 0.2) is 0 Å². The van der Waals surface area contributed by atoms with E-state index in [-0.39, 0.29) is 11.3 Å². The number of aryl methyl sites for hydroxylation is 1. The van der Waals surface area contributed by atoms with E-state index in [4.69, 9.17) is 5.11 Å². The summed E-state index contributed by atoms with van der Waals surface area (Å²) in [6.45, 7) is 4.87. The molecule has 0 aliphatic carbocycles. The fourth-order valence-corrected chi connectivity index (χ4v) is 2.63. The molecule has 1 aromatic heterocycles. The van der Waals surface area contributed by atoms with Gasteiger partial charge in [-0.2, -0.15) is 0 Å². The molecule has 0 amide bonds. The molecule has 1 aromatic rings. The minimum absolute atomic E-state index is 0.00784. The van der Waals surface area contributed by atoms with Gasteiger partial charge in [0, 0.05) is 11.3 Å². The Balaban J connectivity index is 2.82. The lowest BCUT2D eigenvalue weighted by molar-refractivity contribution is -0.140. The lowest BCUT2D eigenvalue weighted by Crippen LogP contribution is -2.26. The second-order valence-electron chi connectivity index (χ2n) is 5.03. The van der Waals surface area contributed by atoms with E-state index in [9.17, 15) is 13.6 Å². The van der Waals surface area contributed by atoms with E-state index in [2.05, 4.69) is 0 Å². The van der Waals surface area contributed by atoms with Crippen molar-refractivity contribution in [2.45, 2.75) is 39.5 Å². The highest BCUT2D eigenvalue weighted by Gasteiger charge is 2.40. The second kappa shape index (κ2) is 4.72. The maximum Gasteiger partial charge on any atom is 0.303 e. The molecule has 0 aromatic carbocycles. The number of carbonyl (C=O) groups is 1. The van der Waals surface area contributed by atoms with Gasteiger partial charge in [-0.05, 0) is 24.5 Å². The number of halogens is 2. The highest BCUT2D eigenvalue weighted by Crippen LogP contribution is 2.43. The van der Waals surface area contributed by atoms with Gasteiger partial charge in [0.05, 0.1) is 11.3 Å². The molecule has 2 nitrogen and oxygen atoms in total. The number of hydrogen-bond acceptors (Lipinski definition) is 2. The standard InChI is InChI=1S/C12H16F2O2S/c1-8-4-5-9(17-8)12(13,14)7-11(2,3)6-10(15)16/h4-5H,6-7H2,1-3H3,(H,15,16). The van der Waals surface area contributed by atoms with Crippen molar-refractivity contribution < 1.29 is 18.7 Å². The van der Waals surface area contributed by atoms with Crippen LogP contribution in [0.5, 0.6) is 0 Å². The first kappa shape index (κ1) is 14.1. The summed E-state index contributed by atoms with van der Waals surface area (Å²) in [7, 11) is 0. The average molecular weight is 262 g/mol. The Morgan fingerprint density at radius 3 is 2.41 bits per heavy atom. The molecule has 5 heteroatoms. The Bertz CT molecular complexity index is 410. The molecule has 0 fully saturated rings. The smallest absolute Gasteiger partial charge is 0.303 e. The van der Waals surface area contributed by atoms with Gasteiger partial charge in [0.2, 0.25) is 0 Å². The minimum Gasteiger partial charge on any atom is -0.481 e. The van der Waals surface area contributed by atoms with Crippen molar-refractivity contribution in [3.8, 4) is 0 Å². The largest absolute Gasteiger partial charge is 0.481 e. The molecule has 17 heavy (non-hydrogen) atoms. The predicted octanol–water partition coefficient (Wildman–Crippen LogP) is 4.04. The predicted molar refractivity (Wildman–Crippen MR) is 63.6 cm³/mol. The van der Waals surface area contributed by atoms with Gasteiger partial charge in [-0.3, -0.25) is 4.79 Å². The highest BCUT2D eigenvalue weighted by atomic mass is 32.1. The normalized spacial score (nSPS) is 12.8. The van der Waals surface area contributed by atoms with Gasteiger partial charge in [-0.15, -0.1) is 11.3 Å². The summed E-state index contributed by atoms with van der Waals surface area (Å²) in [5, 5.41) is 8.68. The third-order valence-electron chi connectivity index (χ3n) is 2.43. The number of alkyl halides is 2. The number of thiophene rings is 1. The van der Waals surface area contributed by atoms with E-state index >= 15 is 0 Å². The van der Waals surface area contributed by atoms with Crippen LogP contribution >= 0.6 is 11.3 Å². The van der Waals surface area contributed by atoms with Crippen molar-refractivity contribution in [1.29, 1.82) is 0 Å². The van der Waals surface area contributed by atoms with E-state index in [0.29, 0.717) is 0 Å². The molecule has 1 rings (SSSR count). The summed E-state index contributed by atoms with van der Waals surface area (Å²) >= 11 is 1.06. The third-order valence-corrected chi connectivity index (χ3v) is 3.54. The van der Waals surface area contributed by atoms with Crippen LogP contribution in [0.15, 0.2) is 12.1 Å². The summed E-state index contributed by atoms with van der Waals surface area (Å²) in [5.74, 6) is -4.01. The van der Waals surface area contributed by atoms with Crippen molar-refractivity contribution in [3.63, 3.8) is 0 Å². The van der Waals surface area contributed by atoms with Crippen molar-refractivity contribution >= 4 is 17.3 Å². The van der Waals surface area contributed by atoms with Crippen molar-refractivity contribution in [2.75, 3.05) is 0 Å². The first-order valence-corrected chi connectivity index (χ1v) is 6.11. The zero-order valence-corrected chi connectivity index (χ0v) is 10.9. The van der Waals surface area contributed by atoms with Gasteiger partial charge in [-0.1, -0.05) is 13.8 Å². The molecule has 0 unspecified atom stereocenters. The zero-order chi connectivity index (χ0) is 13.3. The van der Waals surface area contributed by atoms with Gasteiger partial charge in [0.1, 0.15) is 0 Å². The van der Waals surface area contributed by atoms with Crippen molar-refractivity contribution in [3.05, 3.63) is 21.9 Å². The summed E-state index contributed by atoms with van der Waals surface area (Å²) in [4.78, 5) is 11.4. The maximum absolute atomic E-state index is 13.9. The van der Waals surface area contributed by atoms with Crippen LogP contribution in [0.2, 0.25) is 0 Å². The van der Waals surface area contributed by atoms with Gasteiger partial charge in [-0.25, -0.2) is 8.78 Å². The van der Waals surface area contributed by atoms with Crippen LogP contribution < -0.4 is 0 Å². The van der Waals surface area contributed by atoms with Crippen LogP contribution in [0.25, 0.3) is 0 Å². The molecule has 0 atom stereocenters. The minimum atomic E-state index is -2.96. The SMILES string of the molecule is Cc1ccc(C(F)(F)CC(C)(C)CC(=O)O)s1. The Labute approximate surface area is 103 Å².